The van der Waals surface area contributed by atoms with Gasteiger partial charge in [-0.1, -0.05) is 6.42 Å². The van der Waals surface area contributed by atoms with E-state index in [4.69, 9.17) is 4.42 Å². The minimum Gasteiger partial charge on any atom is -0.468 e. The van der Waals surface area contributed by atoms with Crippen LogP contribution in [0.4, 0.5) is 0 Å². The maximum absolute atomic E-state index is 12.3. The standard InChI is InChI=1S/C14H19NO4S/c16-14(11-3-1-4-11)15-7-6-13(9-15)20(17,18)10-12-5-2-8-19-12/h2,5,8,11,13H,1,3-4,6-7,9-10H2/t13-/m1/s1. The minimum absolute atomic E-state index is 0.0733. The van der Waals surface area contributed by atoms with E-state index >= 15 is 0 Å². The van der Waals surface area contributed by atoms with Crippen LogP contribution in [0.25, 0.3) is 0 Å². The van der Waals surface area contributed by atoms with Gasteiger partial charge in [-0.15, -0.1) is 0 Å². The topological polar surface area (TPSA) is 67.6 Å². The van der Waals surface area contributed by atoms with E-state index < -0.39 is 15.1 Å². The number of rotatable bonds is 4. The summed E-state index contributed by atoms with van der Waals surface area (Å²) in [6, 6.07) is 3.36. The van der Waals surface area contributed by atoms with Gasteiger partial charge in [-0.3, -0.25) is 4.79 Å². The van der Waals surface area contributed by atoms with Gasteiger partial charge in [0, 0.05) is 19.0 Å². The first-order valence-electron chi connectivity index (χ1n) is 7.09. The molecule has 6 heteroatoms. The molecule has 0 radical (unpaired) electrons. The Morgan fingerprint density at radius 3 is 2.75 bits per heavy atom. The molecule has 1 amide bonds. The molecule has 1 atom stereocenters. The monoisotopic (exact) mass is 297 g/mol. The highest BCUT2D eigenvalue weighted by molar-refractivity contribution is 7.91. The van der Waals surface area contributed by atoms with Gasteiger partial charge in [-0.25, -0.2) is 8.42 Å². The average molecular weight is 297 g/mol. The summed E-state index contributed by atoms with van der Waals surface area (Å²) in [4.78, 5) is 13.9. The summed E-state index contributed by atoms with van der Waals surface area (Å²) < 4.78 is 29.8. The van der Waals surface area contributed by atoms with E-state index in [0.717, 1.165) is 19.3 Å². The van der Waals surface area contributed by atoms with Crippen LogP contribution in [-0.2, 0) is 20.4 Å². The number of furan rings is 1. The van der Waals surface area contributed by atoms with Crippen LogP contribution in [0.1, 0.15) is 31.4 Å². The van der Waals surface area contributed by atoms with Crippen LogP contribution in [-0.4, -0.2) is 37.6 Å². The molecule has 1 aromatic rings. The van der Waals surface area contributed by atoms with Crippen molar-refractivity contribution in [1.29, 1.82) is 0 Å². The number of hydrogen-bond acceptors (Lipinski definition) is 4. The third kappa shape index (κ3) is 2.61. The average Bonchev–Trinajstić information content (AvgIpc) is 2.95. The molecule has 2 fully saturated rings. The van der Waals surface area contributed by atoms with Crippen LogP contribution in [0.3, 0.4) is 0 Å². The van der Waals surface area contributed by atoms with Gasteiger partial charge in [-0.2, -0.15) is 0 Å². The molecular formula is C14H19NO4S. The summed E-state index contributed by atoms with van der Waals surface area (Å²) >= 11 is 0. The first-order valence-corrected chi connectivity index (χ1v) is 8.80. The molecule has 0 aromatic carbocycles. The number of nitrogens with zero attached hydrogens (tertiary/aromatic N) is 1. The second-order valence-electron chi connectivity index (χ2n) is 5.71. The summed E-state index contributed by atoms with van der Waals surface area (Å²) in [6.07, 6.45) is 5.05. The van der Waals surface area contributed by atoms with Crippen molar-refractivity contribution in [2.75, 3.05) is 13.1 Å². The molecule has 1 saturated carbocycles. The lowest BCUT2D eigenvalue weighted by atomic mass is 9.84. The largest absolute Gasteiger partial charge is 0.468 e. The molecule has 0 spiro atoms. The second-order valence-corrected chi connectivity index (χ2v) is 7.99. The molecule has 1 aliphatic carbocycles. The van der Waals surface area contributed by atoms with E-state index in [9.17, 15) is 13.2 Å². The molecule has 0 unspecified atom stereocenters. The Morgan fingerprint density at radius 1 is 1.35 bits per heavy atom. The maximum atomic E-state index is 12.3. The summed E-state index contributed by atoms with van der Waals surface area (Å²) in [5.41, 5.74) is 0. The van der Waals surface area contributed by atoms with Crippen LogP contribution in [0.15, 0.2) is 22.8 Å². The third-order valence-electron chi connectivity index (χ3n) is 4.34. The van der Waals surface area contributed by atoms with Crippen molar-refractivity contribution in [3.05, 3.63) is 24.2 Å². The van der Waals surface area contributed by atoms with Crippen molar-refractivity contribution < 1.29 is 17.6 Å². The lowest BCUT2D eigenvalue weighted by Crippen LogP contribution is -2.38. The van der Waals surface area contributed by atoms with Crippen molar-refractivity contribution in [3.8, 4) is 0 Å². The molecule has 0 N–H and O–H groups in total. The van der Waals surface area contributed by atoms with E-state index in [0.29, 0.717) is 25.3 Å². The van der Waals surface area contributed by atoms with E-state index in [2.05, 4.69) is 0 Å². The molecule has 3 rings (SSSR count). The Labute approximate surface area is 118 Å². The van der Waals surface area contributed by atoms with Gasteiger partial charge in [0.1, 0.15) is 11.5 Å². The van der Waals surface area contributed by atoms with Gasteiger partial charge < -0.3 is 9.32 Å². The van der Waals surface area contributed by atoms with E-state index in [-0.39, 0.29) is 17.6 Å². The number of amides is 1. The molecule has 110 valence electrons. The maximum Gasteiger partial charge on any atom is 0.225 e. The van der Waals surface area contributed by atoms with Crippen LogP contribution in [0, 0.1) is 5.92 Å². The van der Waals surface area contributed by atoms with Crippen LogP contribution < -0.4 is 0 Å². The highest BCUT2D eigenvalue weighted by Gasteiger charge is 2.38. The molecule has 5 nitrogen and oxygen atoms in total. The zero-order chi connectivity index (χ0) is 14.2. The van der Waals surface area contributed by atoms with Gasteiger partial charge in [0.15, 0.2) is 9.84 Å². The molecule has 1 aromatic heterocycles. The van der Waals surface area contributed by atoms with Gasteiger partial charge in [0.25, 0.3) is 0 Å². The van der Waals surface area contributed by atoms with Crippen LogP contribution in [0.5, 0.6) is 0 Å². The summed E-state index contributed by atoms with van der Waals surface area (Å²) in [6.45, 7) is 0.912. The predicted molar refractivity (Wildman–Crippen MR) is 73.7 cm³/mol. The highest BCUT2D eigenvalue weighted by Crippen LogP contribution is 2.30. The first-order chi connectivity index (χ1) is 9.56. The molecule has 0 bridgehead atoms. The molecule has 2 aliphatic rings. The summed E-state index contributed by atoms with van der Waals surface area (Å²) in [5.74, 6) is 0.679. The van der Waals surface area contributed by atoms with Crippen molar-refractivity contribution in [2.45, 2.75) is 36.7 Å². The quantitative estimate of drug-likeness (QED) is 0.846. The van der Waals surface area contributed by atoms with E-state index in [1.165, 1.54) is 6.26 Å². The van der Waals surface area contributed by atoms with Crippen molar-refractivity contribution in [3.63, 3.8) is 0 Å². The zero-order valence-corrected chi connectivity index (χ0v) is 12.1. The van der Waals surface area contributed by atoms with Gasteiger partial charge in [0.05, 0.1) is 11.5 Å². The molecular weight excluding hydrogens is 278 g/mol. The molecule has 1 saturated heterocycles. The van der Waals surface area contributed by atoms with Crippen LogP contribution >= 0.6 is 0 Å². The third-order valence-corrected chi connectivity index (χ3v) is 6.43. The Bertz CT molecular complexity index is 574. The summed E-state index contributed by atoms with van der Waals surface area (Å²) in [7, 11) is -3.25. The SMILES string of the molecule is O=C(C1CCC1)N1CC[C@@H](S(=O)(=O)Cc2ccco2)C1. The lowest BCUT2D eigenvalue weighted by molar-refractivity contribution is -0.136. The van der Waals surface area contributed by atoms with Crippen LogP contribution in [0.2, 0.25) is 0 Å². The lowest BCUT2D eigenvalue weighted by Gasteiger charge is -2.29. The Balaban J connectivity index is 1.62. The minimum atomic E-state index is -3.25. The number of carbonyl (C=O) groups is 1. The highest BCUT2D eigenvalue weighted by atomic mass is 32.2. The fourth-order valence-corrected chi connectivity index (χ4v) is 4.51. The predicted octanol–water partition coefficient (Wildman–Crippen LogP) is 1.60. The summed E-state index contributed by atoms with van der Waals surface area (Å²) in [5, 5.41) is -0.448. The number of hydrogen-bond donors (Lipinski definition) is 0. The van der Waals surface area contributed by atoms with Gasteiger partial charge in [0.2, 0.25) is 5.91 Å². The number of carbonyl (C=O) groups excluding carboxylic acids is 1. The molecule has 2 heterocycles. The Morgan fingerprint density at radius 2 is 2.15 bits per heavy atom. The number of sulfone groups is 1. The van der Waals surface area contributed by atoms with Gasteiger partial charge in [-0.05, 0) is 31.4 Å². The fraction of sp³-hybridized carbons (Fsp3) is 0.643. The van der Waals surface area contributed by atoms with Crippen molar-refractivity contribution in [1.82, 2.24) is 4.90 Å². The first kappa shape index (κ1) is 13.7. The fourth-order valence-electron chi connectivity index (χ4n) is 2.85. The molecule has 20 heavy (non-hydrogen) atoms. The smallest absolute Gasteiger partial charge is 0.225 e. The molecule has 1 aliphatic heterocycles. The Hall–Kier alpha value is -1.30. The second kappa shape index (κ2) is 5.24. The van der Waals surface area contributed by atoms with Crippen molar-refractivity contribution >= 4 is 15.7 Å². The normalized spacial score (nSPS) is 23.8. The zero-order valence-electron chi connectivity index (χ0n) is 11.3. The van der Waals surface area contributed by atoms with Gasteiger partial charge >= 0.3 is 0 Å². The van der Waals surface area contributed by atoms with Crippen molar-refractivity contribution in [2.24, 2.45) is 5.92 Å². The Kier molecular flexibility index (Phi) is 3.58. The number of likely N-dealkylation sites (tertiary alicyclic amines) is 1. The van der Waals surface area contributed by atoms with E-state index in [1.807, 2.05) is 0 Å². The van der Waals surface area contributed by atoms with E-state index in [1.54, 1.807) is 17.0 Å².